The van der Waals surface area contributed by atoms with E-state index in [1.54, 1.807) is 7.11 Å². The molecule has 1 aromatic heterocycles. The minimum absolute atomic E-state index is 0.803. The topological polar surface area (TPSA) is 26.2 Å². The SMILES string of the molecule is CCCn1cc(CNCc2ccccc2OC)c2ccccc21. The predicted octanol–water partition coefficient (Wildman–Crippen LogP) is 4.35. The number of rotatable bonds is 7. The first kappa shape index (κ1) is 15.6. The molecule has 0 aliphatic carbocycles. The summed E-state index contributed by atoms with van der Waals surface area (Å²) in [4.78, 5) is 0. The summed E-state index contributed by atoms with van der Waals surface area (Å²) in [6.45, 7) is 4.94. The Hall–Kier alpha value is -2.26. The molecule has 0 atom stereocenters. The Kier molecular flexibility index (Phi) is 4.99. The van der Waals surface area contributed by atoms with Crippen molar-refractivity contribution in [1.29, 1.82) is 0 Å². The van der Waals surface area contributed by atoms with Crippen LogP contribution in [0.2, 0.25) is 0 Å². The standard InChI is InChI=1S/C20H24N2O/c1-3-12-22-15-17(18-9-5-6-10-19(18)22)14-21-13-16-8-4-7-11-20(16)23-2/h4-11,15,21H,3,12-14H2,1-2H3. The summed E-state index contributed by atoms with van der Waals surface area (Å²) in [5.41, 5.74) is 3.86. The van der Waals surface area contributed by atoms with Crippen LogP contribution < -0.4 is 10.1 Å². The summed E-state index contributed by atoms with van der Waals surface area (Å²) in [5.74, 6) is 0.938. The zero-order valence-electron chi connectivity index (χ0n) is 13.9. The molecule has 0 fully saturated rings. The van der Waals surface area contributed by atoms with Gasteiger partial charge in [0.2, 0.25) is 0 Å². The molecule has 2 aromatic carbocycles. The Bertz CT molecular complexity index is 776. The molecule has 0 aliphatic heterocycles. The maximum Gasteiger partial charge on any atom is 0.123 e. The first-order chi connectivity index (χ1) is 11.3. The van der Waals surface area contributed by atoms with E-state index in [1.165, 1.54) is 22.0 Å². The molecule has 0 saturated carbocycles. The summed E-state index contributed by atoms with van der Waals surface area (Å²) in [5, 5.41) is 4.89. The van der Waals surface area contributed by atoms with Gasteiger partial charge in [0.15, 0.2) is 0 Å². The monoisotopic (exact) mass is 308 g/mol. The largest absolute Gasteiger partial charge is 0.496 e. The maximum absolute atomic E-state index is 5.41. The second kappa shape index (κ2) is 7.34. The van der Waals surface area contributed by atoms with Crippen LogP contribution in [0.4, 0.5) is 0 Å². The van der Waals surface area contributed by atoms with Gasteiger partial charge in [-0.1, -0.05) is 43.3 Å². The zero-order valence-corrected chi connectivity index (χ0v) is 13.9. The quantitative estimate of drug-likeness (QED) is 0.702. The summed E-state index contributed by atoms with van der Waals surface area (Å²) in [6.07, 6.45) is 3.43. The molecule has 3 rings (SSSR count). The number of para-hydroxylation sites is 2. The Morgan fingerprint density at radius 2 is 1.70 bits per heavy atom. The van der Waals surface area contributed by atoms with Crippen molar-refractivity contribution in [3.8, 4) is 5.75 Å². The lowest BCUT2D eigenvalue weighted by atomic mass is 10.1. The Balaban J connectivity index is 1.74. The van der Waals surface area contributed by atoms with Gasteiger partial charge in [-0.2, -0.15) is 0 Å². The minimum atomic E-state index is 0.803. The third-order valence-corrected chi connectivity index (χ3v) is 4.16. The van der Waals surface area contributed by atoms with Gasteiger partial charge in [0.25, 0.3) is 0 Å². The van der Waals surface area contributed by atoms with Crippen LogP contribution in [-0.4, -0.2) is 11.7 Å². The summed E-state index contributed by atoms with van der Waals surface area (Å²) < 4.78 is 7.77. The van der Waals surface area contributed by atoms with Gasteiger partial charge >= 0.3 is 0 Å². The molecule has 3 heteroatoms. The number of nitrogens with one attached hydrogen (secondary N) is 1. The molecule has 0 unspecified atom stereocenters. The van der Waals surface area contributed by atoms with E-state index < -0.39 is 0 Å². The van der Waals surface area contributed by atoms with Crippen LogP contribution in [0.25, 0.3) is 10.9 Å². The van der Waals surface area contributed by atoms with Crippen LogP contribution >= 0.6 is 0 Å². The van der Waals surface area contributed by atoms with E-state index in [0.29, 0.717) is 0 Å². The molecule has 1 N–H and O–H groups in total. The van der Waals surface area contributed by atoms with Crippen LogP contribution in [0.1, 0.15) is 24.5 Å². The Morgan fingerprint density at radius 3 is 2.52 bits per heavy atom. The number of nitrogens with zero attached hydrogens (tertiary/aromatic N) is 1. The Labute approximate surface area is 137 Å². The molecule has 0 radical (unpaired) electrons. The van der Waals surface area contributed by atoms with Gasteiger partial charge in [-0.3, -0.25) is 0 Å². The van der Waals surface area contributed by atoms with Crippen molar-refractivity contribution in [3.05, 3.63) is 65.9 Å². The number of fused-ring (bicyclic) bond motifs is 1. The fraction of sp³-hybridized carbons (Fsp3) is 0.300. The average molecular weight is 308 g/mol. The maximum atomic E-state index is 5.41. The number of hydrogen-bond donors (Lipinski definition) is 1. The molecule has 3 nitrogen and oxygen atoms in total. The highest BCUT2D eigenvalue weighted by Gasteiger charge is 2.08. The van der Waals surface area contributed by atoms with Gasteiger partial charge in [0, 0.05) is 42.3 Å². The predicted molar refractivity (Wildman–Crippen MR) is 95.8 cm³/mol. The molecule has 0 bridgehead atoms. The van der Waals surface area contributed by atoms with Crippen molar-refractivity contribution in [1.82, 2.24) is 9.88 Å². The lowest BCUT2D eigenvalue weighted by Crippen LogP contribution is -2.13. The van der Waals surface area contributed by atoms with Crippen LogP contribution in [0, 0.1) is 0 Å². The lowest BCUT2D eigenvalue weighted by Gasteiger charge is -2.09. The smallest absolute Gasteiger partial charge is 0.123 e. The van der Waals surface area contributed by atoms with E-state index in [4.69, 9.17) is 4.74 Å². The number of hydrogen-bond acceptors (Lipinski definition) is 2. The van der Waals surface area contributed by atoms with Crippen molar-refractivity contribution in [2.24, 2.45) is 0 Å². The third kappa shape index (κ3) is 3.40. The molecule has 3 aromatic rings. The number of benzene rings is 2. The highest BCUT2D eigenvalue weighted by Crippen LogP contribution is 2.22. The van der Waals surface area contributed by atoms with E-state index >= 15 is 0 Å². The second-order valence-corrected chi connectivity index (χ2v) is 5.78. The highest BCUT2D eigenvalue weighted by atomic mass is 16.5. The second-order valence-electron chi connectivity index (χ2n) is 5.78. The van der Waals surface area contributed by atoms with E-state index in [-0.39, 0.29) is 0 Å². The molecule has 0 spiro atoms. The van der Waals surface area contributed by atoms with Gasteiger partial charge in [-0.15, -0.1) is 0 Å². The molecule has 120 valence electrons. The van der Waals surface area contributed by atoms with E-state index in [0.717, 1.165) is 31.8 Å². The molecule has 23 heavy (non-hydrogen) atoms. The molecular weight excluding hydrogens is 284 g/mol. The molecular formula is C20H24N2O. The number of aryl methyl sites for hydroxylation is 1. The van der Waals surface area contributed by atoms with Crippen LogP contribution in [0.5, 0.6) is 5.75 Å². The lowest BCUT2D eigenvalue weighted by molar-refractivity contribution is 0.407. The molecule has 1 heterocycles. The van der Waals surface area contributed by atoms with Crippen molar-refractivity contribution in [2.45, 2.75) is 33.0 Å². The minimum Gasteiger partial charge on any atom is -0.496 e. The summed E-state index contributed by atoms with van der Waals surface area (Å²) in [6, 6.07) is 16.8. The van der Waals surface area contributed by atoms with Gasteiger partial charge in [-0.25, -0.2) is 0 Å². The van der Waals surface area contributed by atoms with E-state index in [9.17, 15) is 0 Å². The number of ether oxygens (including phenoxy) is 1. The van der Waals surface area contributed by atoms with Crippen LogP contribution in [0.15, 0.2) is 54.7 Å². The normalized spacial score (nSPS) is 11.0. The molecule has 0 saturated heterocycles. The Morgan fingerprint density at radius 1 is 0.957 bits per heavy atom. The first-order valence-corrected chi connectivity index (χ1v) is 8.23. The van der Waals surface area contributed by atoms with Crippen LogP contribution in [0.3, 0.4) is 0 Å². The number of methoxy groups -OCH3 is 1. The van der Waals surface area contributed by atoms with Crippen molar-refractivity contribution in [3.63, 3.8) is 0 Å². The van der Waals surface area contributed by atoms with Gasteiger partial charge in [0.1, 0.15) is 5.75 Å². The fourth-order valence-electron chi connectivity index (χ4n) is 3.07. The molecule has 0 amide bonds. The van der Waals surface area contributed by atoms with Gasteiger partial charge in [-0.05, 0) is 24.1 Å². The van der Waals surface area contributed by atoms with Crippen LogP contribution in [-0.2, 0) is 19.6 Å². The zero-order chi connectivity index (χ0) is 16.1. The highest BCUT2D eigenvalue weighted by molar-refractivity contribution is 5.83. The van der Waals surface area contributed by atoms with E-state index in [1.807, 2.05) is 18.2 Å². The van der Waals surface area contributed by atoms with Gasteiger partial charge in [0.05, 0.1) is 7.11 Å². The van der Waals surface area contributed by atoms with Gasteiger partial charge < -0.3 is 14.6 Å². The summed E-state index contributed by atoms with van der Waals surface area (Å²) in [7, 11) is 1.72. The summed E-state index contributed by atoms with van der Waals surface area (Å²) >= 11 is 0. The van der Waals surface area contributed by atoms with E-state index in [2.05, 4.69) is 53.3 Å². The van der Waals surface area contributed by atoms with Crippen molar-refractivity contribution < 1.29 is 4.74 Å². The average Bonchev–Trinajstić information content (AvgIpc) is 2.94. The number of aromatic nitrogens is 1. The van der Waals surface area contributed by atoms with Crippen molar-refractivity contribution >= 4 is 10.9 Å². The fourth-order valence-corrected chi connectivity index (χ4v) is 3.07. The van der Waals surface area contributed by atoms with Crippen molar-refractivity contribution in [2.75, 3.05) is 7.11 Å². The first-order valence-electron chi connectivity index (χ1n) is 8.23. The molecule has 0 aliphatic rings. The third-order valence-electron chi connectivity index (χ3n) is 4.16.